The summed E-state index contributed by atoms with van der Waals surface area (Å²) in [6.07, 6.45) is 1.82. The number of phenols is 1. The van der Waals surface area contributed by atoms with Crippen LogP contribution in [-0.2, 0) is 14.5 Å². The fourth-order valence-electron chi connectivity index (χ4n) is 4.05. The van der Waals surface area contributed by atoms with Gasteiger partial charge in [-0.3, -0.25) is 14.5 Å². The number of benzene rings is 3. The summed E-state index contributed by atoms with van der Waals surface area (Å²) >= 11 is 1.24. The average Bonchev–Trinajstić information content (AvgIpc) is 3.23. The van der Waals surface area contributed by atoms with Crippen LogP contribution in [0.4, 0.5) is 17.1 Å². The van der Waals surface area contributed by atoms with Gasteiger partial charge in [-0.2, -0.15) is 0 Å². The molecule has 1 saturated heterocycles. The maximum atomic E-state index is 13.7. The van der Waals surface area contributed by atoms with Gasteiger partial charge in [0.25, 0.3) is 11.8 Å². The number of hydrogen-bond acceptors (Lipinski definition) is 5. The molecule has 0 aromatic heterocycles. The summed E-state index contributed by atoms with van der Waals surface area (Å²) in [7, 11) is 3.94. The molecule has 1 atom stereocenters. The molecule has 3 aromatic rings. The van der Waals surface area contributed by atoms with Crippen LogP contribution in [0.25, 0.3) is 6.08 Å². The van der Waals surface area contributed by atoms with Crippen LogP contribution in [0, 0.1) is 0 Å². The highest BCUT2D eigenvalue weighted by atomic mass is 32.2. The Hall–Kier alpha value is -3.71. The summed E-state index contributed by atoms with van der Waals surface area (Å²) in [5.41, 5.74) is 3.91. The number of fused-ring (bicyclic) bond motifs is 2. The van der Waals surface area contributed by atoms with Crippen molar-refractivity contribution in [2.75, 3.05) is 29.2 Å². The Morgan fingerprint density at radius 1 is 0.969 bits per heavy atom. The van der Waals surface area contributed by atoms with Crippen LogP contribution in [0.5, 0.6) is 5.75 Å². The molecule has 6 nitrogen and oxygen atoms in total. The molecule has 2 heterocycles. The number of anilines is 3. The zero-order chi connectivity index (χ0) is 22.5. The highest BCUT2D eigenvalue weighted by molar-refractivity contribution is 8.06. The van der Waals surface area contributed by atoms with Crippen LogP contribution < -0.4 is 15.1 Å². The van der Waals surface area contributed by atoms with Gasteiger partial charge in [-0.15, -0.1) is 0 Å². The lowest BCUT2D eigenvalue weighted by Crippen LogP contribution is -2.47. The number of para-hydroxylation sites is 1. The Kier molecular flexibility index (Phi) is 4.71. The number of amides is 2. The number of carbonyl (C=O) groups excluding carboxylic acids is 2. The zero-order valence-corrected chi connectivity index (χ0v) is 18.4. The Labute approximate surface area is 190 Å². The molecule has 7 heteroatoms. The summed E-state index contributed by atoms with van der Waals surface area (Å²) in [4.78, 5) is 29.8. The van der Waals surface area contributed by atoms with E-state index in [1.165, 1.54) is 28.8 Å². The number of thioether (sulfide) groups is 1. The van der Waals surface area contributed by atoms with Crippen molar-refractivity contribution in [2.45, 2.75) is 4.87 Å². The molecular formula is C25H21N3O3S. The molecule has 32 heavy (non-hydrogen) atoms. The Morgan fingerprint density at radius 2 is 1.66 bits per heavy atom. The minimum Gasteiger partial charge on any atom is -0.508 e. The molecule has 0 aliphatic carbocycles. The van der Waals surface area contributed by atoms with Crippen LogP contribution in [-0.4, -0.2) is 31.0 Å². The third-order valence-corrected chi connectivity index (χ3v) is 7.05. The third kappa shape index (κ3) is 3.05. The highest BCUT2D eigenvalue weighted by Gasteiger charge is 2.60. The van der Waals surface area contributed by atoms with Crippen molar-refractivity contribution >= 4 is 46.7 Å². The van der Waals surface area contributed by atoms with Crippen LogP contribution in [0.3, 0.4) is 0 Å². The van der Waals surface area contributed by atoms with E-state index in [0.29, 0.717) is 16.3 Å². The molecule has 1 fully saturated rings. The molecule has 0 unspecified atom stereocenters. The summed E-state index contributed by atoms with van der Waals surface area (Å²) in [6, 6.07) is 21.6. The maximum absolute atomic E-state index is 13.7. The monoisotopic (exact) mass is 443 g/mol. The first-order valence-electron chi connectivity index (χ1n) is 10.1. The zero-order valence-electron chi connectivity index (χ0n) is 17.6. The first kappa shape index (κ1) is 20.2. The Morgan fingerprint density at radius 3 is 2.34 bits per heavy atom. The Balaban J connectivity index is 1.65. The lowest BCUT2D eigenvalue weighted by molar-refractivity contribution is -0.121. The molecule has 1 spiro atoms. The topological polar surface area (TPSA) is 72.9 Å². The van der Waals surface area contributed by atoms with Crippen molar-refractivity contribution in [1.82, 2.24) is 0 Å². The molecule has 3 aromatic carbocycles. The predicted octanol–water partition coefficient (Wildman–Crippen LogP) is 4.38. The van der Waals surface area contributed by atoms with Crippen molar-refractivity contribution in [3.8, 4) is 5.75 Å². The van der Waals surface area contributed by atoms with Gasteiger partial charge in [-0.05, 0) is 54.1 Å². The van der Waals surface area contributed by atoms with Gasteiger partial charge in [0, 0.05) is 36.7 Å². The number of rotatable bonds is 3. The SMILES string of the molecule is CN(C)c1ccc(/C=C2\S[C@@]3(C(=O)Nc4ccccc43)N(c3ccc(O)cc3)C2=O)cc1. The standard InChI is InChI=1S/C25H21N3O3S/c1-27(2)17-9-7-16(8-10-17)15-22-23(30)28(18-11-13-19(29)14-12-18)25(32-22)20-5-3-4-6-21(20)26-24(25)31/h3-15,29H,1-2H3,(H,26,31)/b22-15-/t25-/m0/s1. The lowest BCUT2D eigenvalue weighted by atomic mass is 10.0. The van der Waals surface area contributed by atoms with E-state index in [1.807, 2.05) is 73.6 Å². The molecule has 2 N–H and O–H groups in total. The second kappa shape index (κ2) is 7.46. The van der Waals surface area contributed by atoms with Crippen LogP contribution in [0.1, 0.15) is 11.1 Å². The largest absolute Gasteiger partial charge is 0.508 e. The molecule has 160 valence electrons. The van der Waals surface area contributed by atoms with E-state index < -0.39 is 4.87 Å². The normalized spacial score (nSPS) is 20.7. The van der Waals surface area contributed by atoms with Gasteiger partial charge < -0.3 is 15.3 Å². The number of nitrogens with zero attached hydrogens (tertiary/aromatic N) is 2. The van der Waals surface area contributed by atoms with E-state index in [2.05, 4.69) is 5.32 Å². The van der Waals surface area contributed by atoms with E-state index in [0.717, 1.165) is 16.8 Å². The summed E-state index contributed by atoms with van der Waals surface area (Å²) in [6.45, 7) is 0. The number of carbonyl (C=O) groups is 2. The van der Waals surface area contributed by atoms with Crippen molar-refractivity contribution in [3.63, 3.8) is 0 Å². The van der Waals surface area contributed by atoms with Crippen LogP contribution >= 0.6 is 11.8 Å². The summed E-state index contributed by atoms with van der Waals surface area (Å²) in [5.74, 6) is -0.434. The van der Waals surface area contributed by atoms with E-state index in [4.69, 9.17) is 0 Å². The minimum absolute atomic E-state index is 0.0927. The fraction of sp³-hybridized carbons (Fsp3) is 0.120. The highest BCUT2D eigenvalue weighted by Crippen LogP contribution is 2.57. The molecule has 2 aliphatic rings. The van der Waals surface area contributed by atoms with Crippen molar-refractivity contribution in [1.29, 1.82) is 0 Å². The third-order valence-electron chi connectivity index (χ3n) is 5.65. The van der Waals surface area contributed by atoms with Gasteiger partial charge in [-0.1, -0.05) is 42.1 Å². The molecular weight excluding hydrogens is 422 g/mol. The quantitative estimate of drug-likeness (QED) is 0.588. The fourth-order valence-corrected chi connectivity index (χ4v) is 5.46. The minimum atomic E-state index is -1.25. The van der Waals surface area contributed by atoms with Gasteiger partial charge in [0.1, 0.15) is 5.75 Å². The van der Waals surface area contributed by atoms with E-state index in [9.17, 15) is 14.7 Å². The molecule has 0 radical (unpaired) electrons. The van der Waals surface area contributed by atoms with E-state index in [-0.39, 0.29) is 17.6 Å². The number of aromatic hydroxyl groups is 1. The van der Waals surface area contributed by atoms with Gasteiger partial charge >= 0.3 is 0 Å². The van der Waals surface area contributed by atoms with Crippen LogP contribution in [0.15, 0.2) is 77.7 Å². The lowest BCUT2D eigenvalue weighted by Gasteiger charge is -2.31. The summed E-state index contributed by atoms with van der Waals surface area (Å²) < 4.78 is 0. The second-order valence-electron chi connectivity index (χ2n) is 7.90. The Bertz CT molecular complexity index is 1250. The predicted molar refractivity (Wildman–Crippen MR) is 129 cm³/mol. The van der Waals surface area contributed by atoms with Gasteiger partial charge in [0.15, 0.2) is 0 Å². The van der Waals surface area contributed by atoms with Crippen LogP contribution in [0.2, 0.25) is 0 Å². The second-order valence-corrected chi connectivity index (χ2v) is 9.13. The van der Waals surface area contributed by atoms with Crippen molar-refractivity contribution < 1.29 is 14.7 Å². The number of hydrogen-bond donors (Lipinski definition) is 2. The number of phenolic OH excluding ortho intramolecular Hbond substituents is 1. The molecule has 0 saturated carbocycles. The molecule has 0 bridgehead atoms. The first-order chi connectivity index (χ1) is 15.4. The molecule has 2 amide bonds. The van der Waals surface area contributed by atoms with E-state index >= 15 is 0 Å². The smallest absolute Gasteiger partial charge is 0.266 e. The van der Waals surface area contributed by atoms with Gasteiger partial charge in [0.2, 0.25) is 4.87 Å². The molecule has 5 rings (SSSR count). The van der Waals surface area contributed by atoms with Crippen molar-refractivity contribution in [2.24, 2.45) is 0 Å². The first-order valence-corrected chi connectivity index (χ1v) is 10.9. The van der Waals surface area contributed by atoms with Gasteiger partial charge in [-0.25, -0.2) is 0 Å². The number of nitrogens with one attached hydrogen (secondary N) is 1. The maximum Gasteiger partial charge on any atom is 0.266 e. The molecule has 2 aliphatic heterocycles. The average molecular weight is 444 g/mol. The van der Waals surface area contributed by atoms with Crippen molar-refractivity contribution in [3.05, 3.63) is 88.8 Å². The van der Waals surface area contributed by atoms with Gasteiger partial charge in [0.05, 0.1) is 4.91 Å². The summed E-state index contributed by atoms with van der Waals surface area (Å²) in [5, 5.41) is 12.7. The van der Waals surface area contributed by atoms with E-state index in [1.54, 1.807) is 12.1 Å².